The molecule has 1 unspecified atom stereocenters. The van der Waals surface area contributed by atoms with E-state index in [1.807, 2.05) is 11.4 Å². The van der Waals surface area contributed by atoms with Crippen LogP contribution in [0, 0.1) is 0 Å². The summed E-state index contributed by atoms with van der Waals surface area (Å²) in [5, 5.41) is 5.10. The highest BCUT2D eigenvalue weighted by molar-refractivity contribution is 7.89. The lowest BCUT2D eigenvalue weighted by Crippen LogP contribution is -2.43. The Labute approximate surface area is 180 Å². The van der Waals surface area contributed by atoms with Gasteiger partial charge in [0.15, 0.2) is 0 Å². The van der Waals surface area contributed by atoms with Crippen molar-refractivity contribution in [2.45, 2.75) is 17.4 Å². The molecule has 1 saturated heterocycles. The lowest BCUT2D eigenvalue weighted by atomic mass is 10.2. The molecule has 2 N–H and O–H groups in total. The lowest BCUT2D eigenvalue weighted by molar-refractivity contribution is -0.121. The summed E-state index contributed by atoms with van der Waals surface area (Å²) in [5.41, 5.74) is 0. The molecular weight excluding hydrogens is 434 g/mol. The van der Waals surface area contributed by atoms with Crippen molar-refractivity contribution in [3.8, 4) is 0 Å². The zero-order chi connectivity index (χ0) is 20.7. The van der Waals surface area contributed by atoms with Gasteiger partial charge in [-0.3, -0.25) is 9.69 Å². The molecule has 1 atom stereocenters. The molecule has 2 aromatic rings. The average Bonchev–Trinajstić information content (AvgIpc) is 3.23. The number of carbonyl (C=O) groups is 1. The number of hydrogen-bond acceptors (Lipinski definition) is 6. The number of nitrogens with one attached hydrogen (secondary N) is 2. The minimum absolute atomic E-state index is 0.000608. The van der Waals surface area contributed by atoms with Crippen LogP contribution < -0.4 is 10.0 Å². The molecule has 7 nitrogen and oxygen atoms in total. The third-order valence-electron chi connectivity index (χ3n) is 4.62. The summed E-state index contributed by atoms with van der Waals surface area (Å²) in [6, 6.07) is 10.4. The van der Waals surface area contributed by atoms with Crippen molar-refractivity contribution < 1.29 is 17.9 Å². The van der Waals surface area contributed by atoms with Crippen LogP contribution in [0.5, 0.6) is 0 Å². The van der Waals surface area contributed by atoms with Crippen molar-refractivity contribution in [1.29, 1.82) is 0 Å². The first kappa shape index (κ1) is 22.2. The number of ether oxygens (including phenoxy) is 1. The summed E-state index contributed by atoms with van der Waals surface area (Å²) in [5.74, 6) is -0.207. The van der Waals surface area contributed by atoms with Gasteiger partial charge in [-0.1, -0.05) is 29.8 Å². The number of amides is 1. The van der Waals surface area contributed by atoms with E-state index >= 15 is 0 Å². The fourth-order valence-corrected chi connectivity index (χ4v) is 5.53. The Morgan fingerprint density at radius 2 is 1.97 bits per heavy atom. The molecule has 158 valence electrons. The minimum atomic E-state index is -3.75. The number of carbonyl (C=O) groups excluding carboxylic acids is 1. The highest BCUT2D eigenvalue weighted by Gasteiger charge is 2.24. The highest BCUT2D eigenvalue weighted by atomic mass is 35.5. The molecule has 0 saturated carbocycles. The van der Waals surface area contributed by atoms with E-state index in [2.05, 4.69) is 21.0 Å². The van der Waals surface area contributed by atoms with Gasteiger partial charge in [0.2, 0.25) is 15.9 Å². The van der Waals surface area contributed by atoms with Crippen molar-refractivity contribution in [1.82, 2.24) is 14.9 Å². The second-order valence-electron chi connectivity index (χ2n) is 6.56. The summed E-state index contributed by atoms with van der Waals surface area (Å²) in [6.45, 7) is 3.46. The van der Waals surface area contributed by atoms with Gasteiger partial charge >= 0.3 is 0 Å². The standard InChI is InChI=1S/C19H24ClN3O4S2/c20-15-4-1-2-6-18(15)29(25,26)22-8-7-19(24)21-14-16(17-5-3-13-28-17)23-9-11-27-12-10-23/h1-6,13,16,22H,7-12,14H2,(H,21,24). The highest BCUT2D eigenvalue weighted by Crippen LogP contribution is 2.25. The van der Waals surface area contributed by atoms with Crippen molar-refractivity contribution in [2.24, 2.45) is 0 Å². The molecule has 0 aliphatic carbocycles. The normalized spacial score (nSPS) is 16.4. The quantitative estimate of drug-likeness (QED) is 0.603. The predicted molar refractivity (Wildman–Crippen MR) is 114 cm³/mol. The van der Waals surface area contributed by atoms with Gasteiger partial charge in [0.05, 0.1) is 24.3 Å². The van der Waals surface area contributed by atoms with Gasteiger partial charge in [-0.15, -0.1) is 11.3 Å². The van der Waals surface area contributed by atoms with Crippen LogP contribution in [0.1, 0.15) is 17.3 Å². The van der Waals surface area contributed by atoms with Crippen LogP contribution in [0.25, 0.3) is 0 Å². The number of halogens is 1. The third kappa shape index (κ3) is 6.24. The molecule has 0 bridgehead atoms. The van der Waals surface area contributed by atoms with Crippen LogP contribution >= 0.6 is 22.9 Å². The summed E-state index contributed by atoms with van der Waals surface area (Å²) < 4.78 is 32.5. The van der Waals surface area contributed by atoms with Crippen LogP contribution in [0.3, 0.4) is 0 Å². The first-order valence-electron chi connectivity index (χ1n) is 9.33. The maximum absolute atomic E-state index is 12.3. The van der Waals surface area contributed by atoms with Gasteiger partial charge in [0.25, 0.3) is 0 Å². The summed E-state index contributed by atoms with van der Waals surface area (Å²) in [7, 11) is -3.75. The number of nitrogens with zero attached hydrogens (tertiary/aromatic N) is 1. The SMILES string of the molecule is O=C(CCNS(=O)(=O)c1ccccc1Cl)NCC(c1cccs1)N1CCOCC1. The Morgan fingerprint density at radius 1 is 1.21 bits per heavy atom. The van der Waals surface area contributed by atoms with E-state index in [1.54, 1.807) is 23.5 Å². The number of sulfonamides is 1. The molecule has 1 aromatic heterocycles. The monoisotopic (exact) mass is 457 g/mol. The molecular formula is C19H24ClN3O4S2. The van der Waals surface area contributed by atoms with E-state index in [0.29, 0.717) is 19.8 Å². The minimum Gasteiger partial charge on any atom is -0.379 e. The van der Waals surface area contributed by atoms with Crippen molar-refractivity contribution in [3.63, 3.8) is 0 Å². The van der Waals surface area contributed by atoms with Crippen LogP contribution in [0.15, 0.2) is 46.7 Å². The first-order valence-corrected chi connectivity index (χ1v) is 12.1. The lowest BCUT2D eigenvalue weighted by Gasteiger charge is -2.34. The molecule has 1 aromatic carbocycles. The second-order valence-corrected chi connectivity index (χ2v) is 9.68. The molecule has 29 heavy (non-hydrogen) atoms. The van der Waals surface area contributed by atoms with E-state index in [9.17, 15) is 13.2 Å². The summed E-state index contributed by atoms with van der Waals surface area (Å²) in [4.78, 5) is 15.8. The van der Waals surface area contributed by atoms with Crippen molar-refractivity contribution in [2.75, 3.05) is 39.4 Å². The Balaban J connectivity index is 1.50. The van der Waals surface area contributed by atoms with E-state index in [0.717, 1.165) is 13.1 Å². The number of hydrogen-bond donors (Lipinski definition) is 2. The summed E-state index contributed by atoms with van der Waals surface area (Å²) >= 11 is 7.61. The fraction of sp³-hybridized carbons (Fsp3) is 0.421. The van der Waals surface area contributed by atoms with E-state index in [1.165, 1.54) is 17.0 Å². The van der Waals surface area contributed by atoms with Gasteiger partial charge in [-0.05, 0) is 23.6 Å². The van der Waals surface area contributed by atoms with Gasteiger partial charge in [0.1, 0.15) is 4.90 Å². The zero-order valence-electron chi connectivity index (χ0n) is 15.8. The van der Waals surface area contributed by atoms with E-state index in [-0.39, 0.29) is 34.8 Å². The molecule has 1 aliphatic heterocycles. The largest absolute Gasteiger partial charge is 0.379 e. The van der Waals surface area contributed by atoms with E-state index in [4.69, 9.17) is 16.3 Å². The Morgan fingerprint density at radius 3 is 2.66 bits per heavy atom. The van der Waals surface area contributed by atoms with Crippen LogP contribution in [0.4, 0.5) is 0 Å². The Kier molecular flexibility index (Phi) is 8.05. The topological polar surface area (TPSA) is 87.7 Å². The second kappa shape index (κ2) is 10.5. The van der Waals surface area contributed by atoms with Crippen LogP contribution in [-0.4, -0.2) is 58.6 Å². The molecule has 1 amide bonds. The third-order valence-corrected chi connectivity index (χ3v) is 7.56. The number of benzene rings is 1. The Bertz CT molecular complexity index is 900. The van der Waals surface area contributed by atoms with Crippen LogP contribution in [0.2, 0.25) is 5.02 Å². The molecule has 1 fully saturated rings. The molecule has 2 heterocycles. The van der Waals surface area contributed by atoms with Gasteiger partial charge in [0, 0.05) is 37.5 Å². The van der Waals surface area contributed by atoms with Gasteiger partial charge in [-0.25, -0.2) is 13.1 Å². The van der Waals surface area contributed by atoms with Crippen molar-refractivity contribution in [3.05, 3.63) is 51.7 Å². The van der Waals surface area contributed by atoms with E-state index < -0.39 is 10.0 Å². The van der Waals surface area contributed by atoms with Gasteiger partial charge in [-0.2, -0.15) is 0 Å². The smallest absolute Gasteiger partial charge is 0.242 e. The molecule has 1 aliphatic rings. The average molecular weight is 458 g/mol. The number of morpholine rings is 1. The molecule has 10 heteroatoms. The van der Waals surface area contributed by atoms with Crippen molar-refractivity contribution >= 4 is 38.9 Å². The predicted octanol–water partition coefficient (Wildman–Crippen LogP) is 2.26. The maximum atomic E-state index is 12.3. The zero-order valence-corrected chi connectivity index (χ0v) is 18.2. The maximum Gasteiger partial charge on any atom is 0.242 e. The molecule has 3 rings (SSSR count). The van der Waals surface area contributed by atoms with Crippen LogP contribution in [-0.2, 0) is 19.6 Å². The number of thiophene rings is 1. The first-order chi connectivity index (χ1) is 14.0. The summed E-state index contributed by atoms with van der Waals surface area (Å²) in [6.07, 6.45) is 0.0456. The molecule has 0 spiro atoms. The number of rotatable bonds is 9. The van der Waals surface area contributed by atoms with Gasteiger partial charge < -0.3 is 10.1 Å². The fourth-order valence-electron chi connectivity index (χ4n) is 3.12. The Hall–Kier alpha value is -1.49. The molecule has 0 radical (unpaired) electrons.